The predicted octanol–water partition coefficient (Wildman–Crippen LogP) is 4.51. The largest absolute Gasteiger partial charge is 0.394 e. The van der Waals surface area contributed by atoms with Crippen LogP contribution in [-0.2, 0) is 20.9 Å². The number of aliphatic hydroxyl groups is 1. The van der Waals surface area contributed by atoms with E-state index in [9.17, 15) is 19.5 Å². The molecule has 2 aromatic rings. The molecule has 1 unspecified atom stereocenters. The van der Waals surface area contributed by atoms with E-state index in [2.05, 4.69) is 12.2 Å². The Morgan fingerprint density at radius 2 is 1.67 bits per heavy atom. The molecular weight excluding hydrogens is 558 g/mol. The summed E-state index contributed by atoms with van der Waals surface area (Å²) in [6.07, 6.45) is 8.92. The molecule has 0 bridgehead atoms. The monoisotopic (exact) mass is 599 g/mol. The average molecular weight is 600 g/mol. The number of carbonyl (C=O) groups is 3. The molecule has 7 nitrogen and oxygen atoms in total. The number of hydrogen-bond donors (Lipinski definition) is 1. The van der Waals surface area contributed by atoms with Gasteiger partial charge in [-0.05, 0) is 36.5 Å². The number of hydrogen-bond acceptors (Lipinski definition) is 5. The molecule has 43 heavy (non-hydrogen) atoms. The van der Waals surface area contributed by atoms with Crippen LogP contribution in [0.2, 0.25) is 0 Å². The minimum absolute atomic E-state index is 0.0291. The lowest BCUT2D eigenvalue weighted by Crippen LogP contribution is -2.58. The normalized spacial score (nSPS) is 29.7. The Bertz CT molecular complexity index is 1450. The summed E-state index contributed by atoms with van der Waals surface area (Å²) in [7, 11) is 0. The second-order valence-corrected chi connectivity index (χ2v) is 13.9. The molecular formula is C35H41N3O4S. The van der Waals surface area contributed by atoms with Crippen molar-refractivity contribution in [1.82, 2.24) is 9.80 Å². The summed E-state index contributed by atoms with van der Waals surface area (Å²) in [5, 5.41) is 10.5. The van der Waals surface area contributed by atoms with Crippen molar-refractivity contribution in [3.05, 3.63) is 89.5 Å². The number of amides is 3. The number of thioether (sulfide) groups is 1. The third-order valence-corrected chi connectivity index (χ3v) is 11.7. The average Bonchev–Trinajstić information content (AvgIpc) is 3.32. The van der Waals surface area contributed by atoms with Crippen molar-refractivity contribution in [2.24, 2.45) is 17.8 Å². The summed E-state index contributed by atoms with van der Waals surface area (Å²) >= 11 is 1.59. The van der Waals surface area contributed by atoms with Crippen LogP contribution in [0.1, 0.15) is 37.0 Å². The van der Waals surface area contributed by atoms with Crippen LogP contribution in [0.25, 0.3) is 0 Å². The van der Waals surface area contributed by atoms with E-state index in [0.29, 0.717) is 19.6 Å². The van der Waals surface area contributed by atoms with Crippen molar-refractivity contribution < 1.29 is 19.5 Å². The molecule has 0 saturated carbocycles. The minimum atomic E-state index is -0.925. The van der Waals surface area contributed by atoms with Gasteiger partial charge >= 0.3 is 0 Å². The van der Waals surface area contributed by atoms with Gasteiger partial charge in [-0.15, -0.1) is 11.8 Å². The Morgan fingerprint density at radius 1 is 0.953 bits per heavy atom. The van der Waals surface area contributed by atoms with E-state index in [1.807, 2.05) is 98.2 Å². The Kier molecular flexibility index (Phi) is 8.03. The Hall–Kier alpha value is -3.36. The van der Waals surface area contributed by atoms with Gasteiger partial charge in [-0.1, -0.05) is 93.1 Å². The lowest BCUT2D eigenvalue weighted by molar-refractivity contribution is -0.145. The van der Waals surface area contributed by atoms with Crippen LogP contribution in [0.15, 0.2) is 72.8 Å². The maximum absolute atomic E-state index is 14.9. The molecule has 2 aromatic carbocycles. The number of aliphatic hydroxyl groups excluding tert-OH is 1. The molecule has 4 heterocycles. The second kappa shape index (κ2) is 11.6. The van der Waals surface area contributed by atoms with Crippen molar-refractivity contribution in [3.63, 3.8) is 0 Å². The molecule has 3 amide bonds. The molecule has 7 atom stereocenters. The third kappa shape index (κ3) is 4.74. The van der Waals surface area contributed by atoms with Crippen LogP contribution >= 0.6 is 11.8 Å². The van der Waals surface area contributed by atoms with Gasteiger partial charge in [-0.2, -0.15) is 0 Å². The molecule has 4 aliphatic heterocycles. The van der Waals surface area contributed by atoms with E-state index in [1.54, 1.807) is 16.7 Å². The summed E-state index contributed by atoms with van der Waals surface area (Å²) in [5.41, 5.74) is 3.87. The first-order valence-corrected chi connectivity index (χ1v) is 16.3. The summed E-state index contributed by atoms with van der Waals surface area (Å²) in [4.78, 5) is 49.4. The molecule has 6 rings (SSSR count). The van der Waals surface area contributed by atoms with Crippen molar-refractivity contribution in [2.45, 2.75) is 62.7 Å². The number of anilines is 1. The SMILES string of the molecule is CC[C@H](C)[C@H](CO)N1C(=O)[C@@H]2[C@H]3C(=O)N(Cc4ccccc4)CC=C[C@H]3S[C@@]23C=CCN(c2c(C)cccc2C)C(=O)C13. The topological polar surface area (TPSA) is 81.2 Å². The number of aryl methyl sites for hydroxylation is 2. The standard InChI is InChI=1S/C35H41N3O4S/c1-5-22(2)26(21-39)38-31-34(42)37(30-23(3)12-9-13-24(30)4)19-11-17-35(31)29(33(38)41)28-27(43-35)16-10-18-36(32(28)40)20-25-14-7-6-8-15-25/h6-17,22,26-29,31,39H,5,18-21H2,1-4H3/t22-,26-,27+,28-,29-,31?,35-/m0/s1. The summed E-state index contributed by atoms with van der Waals surface area (Å²) < 4.78 is -0.925. The second-order valence-electron chi connectivity index (χ2n) is 12.4. The molecule has 2 fully saturated rings. The zero-order valence-electron chi connectivity index (χ0n) is 25.3. The fourth-order valence-electron chi connectivity index (χ4n) is 7.68. The molecule has 2 saturated heterocycles. The van der Waals surface area contributed by atoms with Crippen molar-refractivity contribution in [1.29, 1.82) is 0 Å². The molecule has 226 valence electrons. The van der Waals surface area contributed by atoms with Crippen LogP contribution in [0.5, 0.6) is 0 Å². The van der Waals surface area contributed by atoms with E-state index in [4.69, 9.17) is 0 Å². The molecule has 0 radical (unpaired) electrons. The molecule has 1 N–H and O–H groups in total. The van der Waals surface area contributed by atoms with E-state index in [-0.39, 0.29) is 35.5 Å². The van der Waals surface area contributed by atoms with Gasteiger partial charge in [0.1, 0.15) is 6.04 Å². The molecule has 1 spiro atoms. The maximum Gasteiger partial charge on any atom is 0.251 e. The van der Waals surface area contributed by atoms with Gasteiger partial charge in [0.05, 0.1) is 29.2 Å². The third-order valence-electron chi connectivity index (χ3n) is 9.95. The van der Waals surface area contributed by atoms with E-state index in [1.165, 1.54) is 0 Å². The zero-order chi connectivity index (χ0) is 30.5. The fraction of sp³-hybridized carbons (Fsp3) is 0.457. The molecule has 0 aromatic heterocycles. The molecule has 0 aliphatic carbocycles. The van der Waals surface area contributed by atoms with E-state index >= 15 is 0 Å². The lowest BCUT2D eigenvalue weighted by Gasteiger charge is -2.40. The predicted molar refractivity (Wildman–Crippen MR) is 170 cm³/mol. The van der Waals surface area contributed by atoms with Gasteiger partial charge in [-0.3, -0.25) is 14.4 Å². The van der Waals surface area contributed by atoms with Gasteiger partial charge < -0.3 is 19.8 Å². The number of likely N-dealkylation sites (tertiary alicyclic amines) is 1. The highest BCUT2D eigenvalue weighted by atomic mass is 32.2. The Balaban J connectivity index is 1.46. The quantitative estimate of drug-likeness (QED) is 0.474. The van der Waals surface area contributed by atoms with Crippen molar-refractivity contribution >= 4 is 35.2 Å². The number of nitrogens with zero attached hydrogens (tertiary/aromatic N) is 3. The zero-order valence-corrected chi connectivity index (χ0v) is 26.2. The number of carbonyl (C=O) groups excluding carboxylic acids is 3. The highest BCUT2D eigenvalue weighted by Crippen LogP contribution is 2.61. The summed E-state index contributed by atoms with van der Waals surface area (Å²) in [6.45, 7) is 9.13. The van der Waals surface area contributed by atoms with Crippen LogP contribution in [0.3, 0.4) is 0 Å². The van der Waals surface area contributed by atoms with Crippen molar-refractivity contribution in [3.8, 4) is 0 Å². The van der Waals surface area contributed by atoms with Gasteiger partial charge in [0.15, 0.2) is 0 Å². The van der Waals surface area contributed by atoms with Crippen LogP contribution < -0.4 is 4.90 Å². The Morgan fingerprint density at radius 3 is 2.35 bits per heavy atom. The van der Waals surface area contributed by atoms with Crippen LogP contribution in [-0.4, -0.2) is 74.4 Å². The highest BCUT2D eigenvalue weighted by Gasteiger charge is 2.72. The molecule has 8 heteroatoms. The summed E-state index contributed by atoms with van der Waals surface area (Å²) in [6, 6.07) is 14.5. The van der Waals surface area contributed by atoms with Gasteiger partial charge in [0.2, 0.25) is 11.8 Å². The Labute approximate surface area is 258 Å². The number of benzene rings is 2. The fourth-order valence-corrected chi connectivity index (χ4v) is 9.67. The van der Waals surface area contributed by atoms with Crippen LogP contribution in [0, 0.1) is 31.6 Å². The maximum atomic E-state index is 14.9. The first-order chi connectivity index (χ1) is 20.7. The highest BCUT2D eigenvalue weighted by molar-refractivity contribution is 8.02. The number of fused-ring (bicyclic) bond motifs is 2. The smallest absolute Gasteiger partial charge is 0.251 e. The lowest BCUT2D eigenvalue weighted by atomic mass is 9.78. The first-order valence-electron chi connectivity index (χ1n) is 15.4. The molecule has 4 aliphatic rings. The van der Waals surface area contributed by atoms with Gasteiger partial charge in [-0.25, -0.2) is 0 Å². The van der Waals surface area contributed by atoms with E-state index in [0.717, 1.165) is 28.8 Å². The van der Waals surface area contributed by atoms with Gasteiger partial charge in [0.25, 0.3) is 5.91 Å². The van der Waals surface area contributed by atoms with Gasteiger partial charge in [0, 0.05) is 30.6 Å². The first kappa shape index (κ1) is 29.7. The minimum Gasteiger partial charge on any atom is -0.394 e. The summed E-state index contributed by atoms with van der Waals surface area (Å²) in [5.74, 6) is -1.75. The van der Waals surface area contributed by atoms with Crippen LogP contribution in [0.4, 0.5) is 5.69 Å². The van der Waals surface area contributed by atoms with Crippen molar-refractivity contribution in [2.75, 3.05) is 24.6 Å². The van der Waals surface area contributed by atoms with E-state index < -0.39 is 28.7 Å². The number of para-hydroxylation sites is 1. The number of rotatable bonds is 7.